The second-order valence-electron chi connectivity index (χ2n) is 7.52. The maximum atomic E-state index is 13.3. The van der Waals surface area contributed by atoms with E-state index in [1.807, 2.05) is 24.3 Å². The predicted molar refractivity (Wildman–Crippen MR) is 128 cm³/mol. The molecule has 1 amide bonds. The molecule has 0 aliphatic carbocycles. The van der Waals surface area contributed by atoms with Crippen molar-refractivity contribution in [1.82, 2.24) is 4.31 Å². The number of ether oxygens (including phenoxy) is 1. The Hall–Kier alpha value is -3.01. The number of carbonyl (C=O) groups excluding carboxylic acids is 2. The Morgan fingerprint density at radius 3 is 2.52 bits per heavy atom. The number of amides is 1. The molecule has 3 aromatic carbocycles. The van der Waals surface area contributed by atoms with Gasteiger partial charge >= 0.3 is 5.97 Å². The van der Waals surface area contributed by atoms with Crippen LogP contribution in [0, 0.1) is 0 Å². The Morgan fingerprint density at radius 2 is 1.76 bits per heavy atom. The number of benzene rings is 3. The molecule has 0 aromatic heterocycles. The quantitative estimate of drug-likeness (QED) is 0.500. The van der Waals surface area contributed by atoms with Crippen LogP contribution in [0.25, 0.3) is 0 Å². The number of hydrogen-bond acceptors (Lipinski definition) is 5. The molecule has 1 N–H and O–H groups in total. The summed E-state index contributed by atoms with van der Waals surface area (Å²) in [5.41, 5.74) is 2.72. The Labute approximate surface area is 200 Å². The lowest BCUT2D eigenvalue weighted by atomic mass is 10.0. The number of hydrogen-bond donors (Lipinski definition) is 1. The third kappa shape index (κ3) is 4.85. The van der Waals surface area contributed by atoms with Gasteiger partial charge in [-0.2, -0.15) is 4.31 Å². The van der Waals surface area contributed by atoms with Crippen LogP contribution in [0.5, 0.6) is 0 Å². The fourth-order valence-electron chi connectivity index (χ4n) is 3.72. The molecule has 0 saturated carbocycles. The Balaban J connectivity index is 1.58. The van der Waals surface area contributed by atoms with Crippen LogP contribution in [0.15, 0.2) is 76.1 Å². The van der Waals surface area contributed by atoms with Crippen LogP contribution in [0.4, 0.5) is 5.69 Å². The minimum Gasteiger partial charge on any atom is -0.465 e. The fraction of sp³-hybridized carbons (Fsp3) is 0.167. The van der Waals surface area contributed by atoms with Gasteiger partial charge in [-0.15, -0.1) is 0 Å². The van der Waals surface area contributed by atoms with Crippen molar-refractivity contribution in [1.29, 1.82) is 0 Å². The minimum absolute atomic E-state index is 0.0403. The average Bonchev–Trinajstić information content (AvgIpc) is 2.84. The third-order valence-electron chi connectivity index (χ3n) is 5.46. The number of fused-ring (bicyclic) bond motifs is 1. The van der Waals surface area contributed by atoms with E-state index in [1.165, 1.54) is 41.7 Å². The molecule has 0 saturated heterocycles. The summed E-state index contributed by atoms with van der Waals surface area (Å²) in [6.07, 6.45) is 0.634. The molecule has 3 aromatic rings. The maximum absolute atomic E-state index is 13.3. The highest BCUT2D eigenvalue weighted by molar-refractivity contribution is 9.10. The van der Waals surface area contributed by atoms with Gasteiger partial charge in [0, 0.05) is 23.1 Å². The predicted octanol–water partition coefficient (Wildman–Crippen LogP) is 4.24. The van der Waals surface area contributed by atoms with Gasteiger partial charge in [0.15, 0.2) is 0 Å². The lowest BCUT2D eigenvalue weighted by Gasteiger charge is -2.28. The highest BCUT2D eigenvalue weighted by Gasteiger charge is 2.28. The number of nitrogens with one attached hydrogen (secondary N) is 1. The van der Waals surface area contributed by atoms with Crippen molar-refractivity contribution in [2.24, 2.45) is 0 Å². The zero-order chi connectivity index (χ0) is 23.6. The number of rotatable bonds is 5. The number of methoxy groups -OCH3 is 1. The van der Waals surface area contributed by atoms with Crippen LogP contribution in [-0.2, 0) is 27.7 Å². The number of esters is 1. The van der Waals surface area contributed by atoms with E-state index in [1.54, 1.807) is 12.1 Å². The molecule has 1 heterocycles. The standard InChI is InChI=1S/C24H21BrN2O5S/c1-32-24(29)21-14-19(25)9-10-22(21)26-23(28)17-7-4-8-20(13-17)33(30,31)27-12-11-16-5-2-3-6-18(16)15-27/h2-10,13-14H,11-12,15H2,1H3,(H,26,28). The first-order chi connectivity index (χ1) is 15.8. The third-order valence-corrected chi connectivity index (χ3v) is 7.80. The number of nitrogens with zero attached hydrogens (tertiary/aromatic N) is 1. The second-order valence-corrected chi connectivity index (χ2v) is 10.4. The van der Waals surface area contributed by atoms with Gasteiger partial charge in [0.1, 0.15) is 0 Å². The summed E-state index contributed by atoms with van der Waals surface area (Å²) in [6.45, 7) is 0.660. The van der Waals surface area contributed by atoms with Gasteiger partial charge in [0.2, 0.25) is 10.0 Å². The first-order valence-electron chi connectivity index (χ1n) is 10.2. The van der Waals surface area contributed by atoms with Crippen molar-refractivity contribution in [3.8, 4) is 0 Å². The zero-order valence-corrected chi connectivity index (χ0v) is 20.1. The Bertz CT molecular complexity index is 1340. The van der Waals surface area contributed by atoms with E-state index in [0.29, 0.717) is 17.4 Å². The summed E-state index contributed by atoms with van der Waals surface area (Å²) in [7, 11) is -2.54. The fourth-order valence-corrected chi connectivity index (χ4v) is 5.55. The van der Waals surface area contributed by atoms with Crippen molar-refractivity contribution < 1.29 is 22.7 Å². The smallest absolute Gasteiger partial charge is 0.340 e. The summed E-state index contributed by atoms with van der Waals surface area (Å²) in [5, 5.41) is 2.67. The molecule has 0 radical (unpaired) electrons. The van der Waals surface area contributed by atoms with Gasteiger partial charge < -0.3 is 10.1 Å². The SMILES string of the molecule is COC(=O)c1cc(Br)ccc1NC(=O)c1cccc(S(=O)(=O)N2CCc3ccccc3C2)c1. The molecule has 1 aliphatic rings. The average molecular weight is 529 g/mol. The van der Waals surface area contributed by atoms with E-state index in [0.717, 1.165) is 11.1 Å². The Morgan fingerprint density at radius 1 is 1.00 bits per heavy atom. The molecule has 33 heavy (non-hydrogen) atoms. The van der Waals surface area contributed by atoms with Crippen LogP contribution < -0.4 is 5.32 Å². The van der Waals surface area contributed by atoms with E-state index < -0.39 is 21.9 Å². The van der Waals surface area contributed by atoms with Crippen molar-refractivity contribution in [3.05, 3.63) is 93.5 Å². The normalized spacial score (nSPS) is 13.8. The summed E-state index contributed by atoms with van der Waals surface area (Å²) < 4.78 is 33.4. The monoisotopic (exact) mass is 528 g/mol. The molecule has 0 unspecified atom stereocenters. The first kappa shape index (κ1) is 23.2. The molecule has 0 atom stereocenters. The van der Waals surface area contributed by atoms with Gasteiger partial charge in [-0.1, -0.05) is 46.3 Å². The van der Waals surface area contributed by atoms with Crippen LogP contribution in [0.2, 0.25) is 0 Å². The van der Waals surface area contributed by atoms with Gasteiger partial charge in [-0.3, -0.25) is 4.79 Å². The van der Waals surface area contributed by atoms with Gasteiger partial charge in [0.05, 0.1) is 23.3 Å². The molecule has 0 bridgehead atoms. The van der Waals surface area contributed by atoms with Gasteiger partial charge in [-0.25, -0.2) is 13.2 Å². The minimum atomic E-state index is -3.79. The molecular formula is C24H21BrN2O5S. The molecule has 4 rings (SSSR count). The Kier molecular flexibility index (Phi) is 6.64. The molecule has 7 nitrogen and oxygen atoms in total. The van der Waals surface area contributed by atoms with Crippen molar-refractivity contribution in [2.45, 2.75) is 17.9 Å². The van der Waals surface area contributed by atoms with Crippen LogP contribution in [0.3, 0.4) is 0 Å². The summed E-state index contributed by atoms with van der Waals surface area (Å²) >= 11 is 3.29. The van der Waals surface area contributed by atoms with Gasteiger partial charge in [0.25, 0.3) is 5.91 Å². The summed E-state index contributed by atoms with van der Waals surface area (Å²) in [6, 6.07) is 18.4. The molecule has 170 valence electrons. The van der Waals surface area contributed by atoms with Crippen LogP contribution in [0.1, 0.15) is 31.8 Å². The first-order valence-corrected chi connectivity index (χ1v) is 12.4. The lowest BCUT2D eigenvalue weighted by molar-refractivity contribution is 0.0602. The molecule has 9 heteroatoms. The van der Waals surface area contributed by atoms with Crippen molar-refractivity contribution in [2.75, 3.05) is 19.0 Å². The zero-order valence-electron chi connectivity index (χ0n) is 17.7. The van der Waals surface area contributed by atoms with E-state index in [9.17, 15) is 18.0 Å². The number of carbonyl (C=O) groups is 2. The molecule has 1 aliphatic heterocycles. The molecule has 0 spiro atoms. The van der Waals surface area contributed by atoms with E-state index in [2.05, 4.69) is 21.2 Å². The topological polar surface area (TPSA) is 92.8 Å². The van der Waals surface area contributed by atoms with E-state index in [-0.39, 0.29) is 28.3 Å². The van der Waals surface area contributed by atoms with Crippen LogP contribution in [-0.4, -0.2) is 38.3 Å². The van der Waals surface area contributed by atoms with E-state index in [4.69, 9.17) is 4.74 Å². The van der Waals surface area contributed by atoms with E-state index >= 15 is 0 Å². The highest BCUT2D eigenvalue weighted by Crippen LogP contribution is 2.26. The summed E-state index contributed by atoms with van der Waals surface area (Å²) in [4.78, 5) is 25.0. The highest BCUT2D eigenvalue weighted by atomic mass is 79.9. The maximum Gasteiger partial charge on any atom is 0.340 e. The second kappa shape index (κ2) is 9.46. The van der Waals surface area contributed by atoms with Crippen molar-refractivity contribution in [3.63, 3.8) is 0 Å². The number of sulfonamides is 1. The number of halogens is 1. The number of anilines is 1. The lowest BCUT2D eigenvalue weighted by Crippen LogP contribution is -2.36. The van der Waals surface area contributed by atoms with Gasteiger partial charge in [-0.05, 0) is 53.9 Å². The van der Waals surface area contributed by atoms with Crippen molar-refractivity contribution >= 4 is 43.5 Å². The van der Waals surface area contributed by atoms with Crippen LogP contribution >= 0.6 is 15.9 Å². The molecular weight excluding hydrogens is 508 g/mol. The largest absolute Gasteiger partial charge is 0.465 e. The summed E-state index contributed by atoms with van der Waals surface area (Å²) in [5.74, 6) is -1.14. The molecule has 0 fully saturated rings.